The Kier molecular flexibility index (Phi) is 2.85. The number of hydrogen-bond acceptors (Lipinski definition) is 6. The Morgan fingerprint density at radius 3 is 2.83 bits per heavy atom. The summed E-state index contributed by atoms with van der Waals surface area (Å²) < 4.78 is 11.0. The van der Waals surface area contributed by atoms with E-state index < -0.39 is 0 Å². The average molecular weight is 320 g/mol. The van der Waals surface area contributed by atoms with Crippen LogP contribution in [-0.4, -0.2) is 21.7 Å². The summed E-state index contributed by atoms with van der Waals surface area (Å²) in [6.45, 7) is 0.263. The number of nitrogens with zero attached hydrogens (tertiary/aromatic N) is 3. The molecule has 0 saturated carbocycles. The minimum absolute atomic E-state index is 0.263. The predicted octanol–water partition coefficient (Wildman–Crippen LogP) is 2.88. The number of nitrogen functional groups attached to an aromatic ring is 1. The zero-order valence-electron chi connectivity index (χ0n) is 13.1. The zero-order chi connectivity index (χ0) is 16.1. The number of fused-ring (bicyclic) bond motifs is 3. The van der Waals surface area contributed by atoms with E-state index in [0.29, 0.717) is 11.5 Å². The van der Waals surface area contributed by atoms with Crippen molar-refractivity contribution in [3.63, 3.8) is 0 Å². The van der Waals surface area contributed by atoms with E-state index >= 15 is 0 Å². The summed E-state index contributed by atoms with van der Waals surface area (Å²) in [6, 6.07) is 6.00. The van der Waals surface area contributed by atoms with Crippen LogP contribution < -0.4 is 15.2 Å². The molecular formula is C18H16N4O2. The Balaban J connectivity index is 1.86. The summed E-state index contributed by atoms with van der Waals surface area (Å²) in [5, 5.41) is 0.831. The van der Waals surface area contributed by atoms with E-state index in [1.165, 1.54) is 11.9 Å². The highest BCUT2D eigenvalue weighted by Gasteiger charge is 2.23. The second kappa shape index (κ2) is 5.06. The number of benzene rings is 1. The lowest BCUT2D eigenvalue weighted by molar-refractivity contribution is 0.174. The van der Waals surface area contributed by atoms with Gasteiger partial charge < -0.3 is 15.2 Å². The number of nitrogens with two attached hydrogens (primary N) is 1. The Bertz CT molecular complexity index is 971. The second-order valence-electron chi connectivity index (χ2n) is 6.14. The standard InChI is InChI=1S/C18H16N4O2/c19-17-16-15(10-5-6-13-14(7-10)24-9-23-13)11-3-1-2-4-12(11)22-18(16)21-8-20-17/h5-8H,1-4,9H2,(H2,19,20,21,22). The van der Waals surface area contributed by atoms with Crippen molar-refractivity contribution in [2.45, 2.75) is 25.7 Å². The first-order valence-electron chi connectivity index (χ1n) is 8.13. The summed E-state index contributed by atoms with van der Waals surface area (Å²) in [7, 11) is 0. The van der Waals surface area contributed by atoms with Crippen molar-refractivity contribution in [1.82, 2.24) is 15.0 Å². The fraction of sp³-hybridized carbons (Fsp3) is 0.278. The smallest absolute Gasteiger partial charge is 0.231 e. The number of ether oxygens (including phenoxy) is 2. The van der Waals surface area contributed by atoms with Gasteiger partial charge in [0.1, 0.15) is 12.1 Å². The minimum atomic E-state index is 0.263. The van der Waals surface area contributed by atoms with Gasteiger partial charge >= 0.3 is 0 Å². The van der Waals surface area contributed by atoms with Gasteiger partial charge in [-0.25, -0.2) is 15.0 Å². The molecule has 24 heavy (non-hydrogen) atoms. The van der Waals surface area contributed by atoms with Crippen LogP contribution in [0, 0.1) is 0 Å². The number of anilines is 1. The number of aromatic nitrogens is 3. The maximum absolute atomic E-state index is 6.19. The number of aryl methyl sites for hydroxylation is 1. The Labute approximate surface area is 138 Å². The van der Waals surface area contributed by atoms with E-state index in [-0.39, 0.29) is 6.79 Å². The molecule has 0 unspecified atom stereocenters. The van der Waals surface area contributed by atoms with E-state index in [1.54, 1.807) is 0 Å². The Morgan fingerprint density at radius 1 is 1.00 bits per heavy atom. The Morgan fingerprint density at radius 2 is 1.88 bits per heavy atom. The SMILES string of the molecule is Nc1ncnc2nc3c(c(-c4ccc5c(c4)OCO5)c12)CCCC3. The monoisotopic (exact) mass is 320 g/mol. The highest BCUT2D eigenvalue weighted by atomic mass is 16.7. The Hall–Kier alpha value is -2.89. The molecule has 0 bridgehead atoms. The molecule has 6 nitrogen and oxygen atoms in total. The van der Waals surface area contributed by atoms with E-state index in [2.05, 4.69) is 9.97 Å². The number of hydrogen-bond donors (Lipinski definition) is 1. The predicted molar refractivity (Wildman–Crippen MR) is 89.9 cm³/mol. The third-order valence-corrected chi connectivity index (χ3v) is 4.75. The normalized spacial score (nSPS) is 15.5. The molecule has 2 aromatic heterocycles. The topological polar surface area (TPSA) is 83.2 Å². The van der Waals surface area contributed by atoms with Crippen LogP contribution in [0.4, 0.5) is 5.82 Å². The molecule has 0 fully saturated rings. The molecule has 6 heteroatoms. The molecule has 0 amide bonds. The van der Waals surface area contributed by atoms with Crippen LogP contribution in [0.25, 0.3) is 22.2 Å². The molecule has 1 aromatic carbocycles. The first-order valence-corrected chi connectivity index (χ1v) is 8.13. The fourth-order valence-electron chi connectivity index (χ4n) is 3.65. The van der Waals surface area contributed by atoms with Crippen molar-refractivity contribution in [1.29, 1.82) is 0 Å². The molecule has 5 rings (SSSR count). The quantitative estimate of drug-likeness (QED) is 0.742. The number of rotatable bonds is 1. The van der Waals surface area contributed by atoms with Gasteiger partial charge in [0, 0.05) is 11.3 Å². The van der Waals surface area contributed by atoms with Gasteiger partial charge in [-0.2, -0.15) is 0 Å². The highest BCUT2D eigenvalue weighted by molar-refractivity contribution is 6.01. The van der Waals surface area contributed by atoms with E-state index in [1.807, 2.05) is 18.2 Å². The largest absolute Gasteiger partial charge is 0.454 e. The van der Waals surface area contributed by atoms with Crippen LogP contribution in [0.5, 0.6) is 11.5 Å². The van der Waals surface area contributed by atoms with Crippen LogP contribution in [0.15, 0.2) is 24.5 Å². The first kappa shape index (κ1) is 13.5. The van der Waals surface area contributed by atoms with Crippen LogP contribution in [0.1, 0.15) is 24.1 Å². The van der Waals surface area contributed by atoms with Gasteiger partial charge in [0.15, 0.2) is 17.1 Å². The summed E-state index contributed by atoms with van der Waals surface area (Å²) in [4.78, 5) is 13.3. The number of pyridine rings is 1. The molecule has 0 radical (unpaired) electrons. The van der Waals surface area contributed by atoms with E-state index in [9.17, 15) is 0 Å². The molecule has 1 aliphatic carbocycles. The van der Waals surface area contributed by atoms with Crippen molar-refractivity contribution < 1.29 is 9.47 Å². The first-order chi connectivity index (χ1) is 11.8. The lowest BCUT2D eigenvalue weighted by Crippen LogP contribution is -2.10. The van der Waals surface area contributed by atoms with Crippen LogP contribution >= 0.6 is 0 Å². The maximum atomic E-state index is 6.19. The lowest BCUT2D eigenvalue weighted by atomic mass is 9.87. The molecule has 3 aromatic rings. The van der Waals surface area contributed by atoms with Gasteiger partial charge in [0.05, 0.1) is 5.39 Å². The van der Waals surface area contributed by atoms with Gasteiger partial charge in [0.25, 0.3) is 0 Å². The van der Waals surface area contributed by atoms with Gasteiger partial charge in [-0.05, 0) is 48.9 Å². The van der Waals surface area contributed by atoms with Crippen molar-refractivity contribution in [2.24, 2.45) is 0 Å². The minimum Gasteiger partial charge on any atom is -0.454 e. The summed E-state index contributed by atoms with van der Waals surface area (Å²) in [5.41, 5.74) is 11.4. The maximum Gasteiger partial charge on any atom is 0.231 e. The van der Waals surface area contributed by atoms with Crippen LogP contribution in [0.3, 0.4) is 0 Å². The van der Waals surface area contributed by atoms with Gasteiger partial charge in [-0.15, -0.1) is 0 Å². The molecule has 0 saturated heterocycles. The highest BCUT2D eigenvalue weighted by Crippen LogP contribution is 2.42. The van der Waals surface area contributed by atoms with Gasteiger partial charge in [-0.3, -0.25) is 0 Å². The summed E-state index contributed by atoms with van der Waals surface area (Å²) >= 11 is 0. The molecule has 0 spiro atoms. The summed E-state index contributed by atoms with van der Waals surface area (Å²) in [6.07, 6.45) is 5.77. The molecule has 2 aliphatic rings. The molecular weight excluding hydrogens is 304 g/mol. The van der Waals surface area contributed by atoms with Crippen molar-refractivity contribution in [3.8, 4) is 22.6 Å². The fourth-order valence-corrected chi connectivity index (χ4v) is 3.65. The van der Waals surface area contributed by atoms with Crippen LogP contribution in [-0.2, 0) is 12.8 Å². The van der Waals surface area contributed by atoms with E-state index in [4.69, 9.17) is 20.2 Å². The molecule has 0 atom stereocenters. The molecule has 120 valence electrons. The van der Waals surface area contributed by atoms with Crippen molar-refractivity contribution in [2.75, 3.05) is 12.5 Å². The van der Waals surface area contributed by atoms with Gasteiger partial charge in [-0.1, -0.05) is 6.07 Å². The molecule has 2 N–H and O–H groups in total. The third kappa shape index (κ3) is 1.92. The summed E-state index contributed by atoms with van der Waals surface area (Å²) in [5.74, 6) is 2.00. The van der Waals surface area contributed by atoms with E-state index in [0.717, 1.165) is 59.4 Å². The van der Waals surface area contributed by atoms with Crippen molar-refractivity contribution in [3.05, 3.63) is 35.8 Å². The molecule has 3 heterocycles. The average Bonchev–Trinajstić information content (AvgIpc) is 3.08. The third-order valence-electron chi connectivity index (χ3n) is 4.75. The second-order valence-corrected chi connectivity index (χ2v) is 6.14. The van der Waals surface area contributed by atoms with Gasteiger partial charge in [0.2, 0.25) is 6.79 Å². The lowest BCUT2D eigenvalue weighted by Gasteiger charge is -2.21. The van der Waals surface area contributed by atoms with Crippen molar-refractivity contribution >= 4 is 16.9 Å². The zero-order valence-corrected chi connectivity index (χ0v) is 13.1. The van der Waals surface area contributed by atoms with Crippen LogP contribution in [0.2, 0.25) is 0 Å². The molecule has 1 aliphatic heterocycles.